The first-order valence-electron chi connectivity index (χ1n) is 11.6. The van der Waals surface area contributed by atoms with E-state index < -0.39 is 0 Å². The van der Waals surface area contributed by atoms with E-state index in [-0.39, 0.29) is 12.1 Å². The lowest BCUT2D eigenvalue weighted by Crippen LogP contribution is -2.34. The summed E-state index contributed by atoms with van der Waals surface area (Å²) in [5.74, 6) is 1.38. The topological polar surface area (TPSA) is 99.1 Å². The Balaban J connectivity index is 1.50. The normalized spacial score (nSPS) is 13.4. The Hall–Kier alpha value is -3.94. The van der Waals surface area contributed by atoms with Crippen LogP contribution in [0.2, 0.25) is 0 Å². The predicted molar refractivity (Wildman–Crippen MR) is 135 cm³/mol. The molecule has 1 saturated carbocycles. The highest BCUT2D eigenvalue weighted by Crippen LogP contribution is 2.41. The van der Waals surface area contributed by atoms with Gasteiger partial charge in [-0.25, -0.2) is 9.78 Å². The van der Waals surface area contributed by atoms with E-state index in [1.54, 1.807) is 6.20 Å². The van der Waals surface area contributed by atoms with Crippen LogP contribution in [0.25, 0.3) is 22.2 Å². The van der Waals surface area contributed by atoms with E-state index in [0.717, 1.165) is 45.8 Å². The largest absolute Gasteiger partial charge is 0.425 e. The van der Waals surface area contributed by atoms with Gasteiger partial charge in [-0.15, -0.1) is 0 Å². The molecule has 5 rings (SSSR count). The zero-order valence-electron chi connectivity index (χ0n) is 19.7. The van der Waals surface area contributed by atoms with Crippen molar-refractivity contribution >= 4 is 28.3 Å². The predicted octanol–water partition coefficient (Wildman–Crippen LogP) is 5.36. The zero-order valence-corrected chi connectivity index (χ0v) is 19.7. The second-order valence-electron chi connectivity index (χ2n) is 9.25. The van der Waals surface area contributed by atoms with Gasteiger partial charge in [0.15, 0.2) is 0 Å². The molecular formula is C26H30N6O2. The number of carbonyl (C=O) groups excluding carboxylic acids is 1. The van der Waals surface area contributed by atoms with Crippen molar-refractivity contribution in [3.05, 3.63) is 54.9 Å². The molecule has 2 heterocycles. The fraction of sp³-hybridized carbons (Fsp3) is 0.308. The number of rotatable bonds is 7. The number of imidazole rings is 1. The summed E-state index contributed by atoms with van der Waals surface area (Å²) in [7, 11) is 1.90. The van der Waals surface area contributed by atoms with Crippen molar-refractivity contribution < 1.29 is 9.53 Å². The highest BCUT2D eigenvalue weighted by molar-refractivity contribution is 6.01. The van der Waals surface area contributed by atoms with Gasteiger partial charge in [-0.05, 0) is 56.9 Å². The summed E-state index contributed by atoms with van der Waals surface area (Å²) < 4.78 is 10.2. The summed E-state index contributed by atoms with van der Waals surface area (Å²) in [6, 6.07) is 14.2. The molecule has 1 aliphatic rings. The van der Waals surface area contributed by atoms with Crippen molar-refractivity contribution in [1.82, 2.24) is 19.4 Å². The Morgan fingerprint density at radius 2 is 1.97 bits per heavy atom. The van der Waals surface area contributed by atoms with Gasteiger partial charge in [-0.2, -0.15) is 0 Å². The summed E-state index contributed by atoms with van der Waals surface area (Å²) in [4.78, 5) is 16.3. The number of aromatic nitrogens is 3. The maximum absolute atomic E-state index is 12.0. The highest BCUT2D eigenvalue weighted by atomic mass is 16.5. The van der Waals surface area contributed by atoms with E-state index in [2.05, 4.69) is 20.2 Å². The minimum Gasteiger partial charge on any atom is -0.425 e. The molecule has 0 bridgehead atoms. The van der Waals surface area contributed by atoms with Crippen LogP contribution in [0, 0.1) is 5.92 Å². The number of anilines is 2. The minimum atomic E-state index is -0.217. The van der Waals surface area contributed by atoms with Crippen molar-refractivity contribution in [1.29, 1.82) is 0 Å². The van der Waals surface area contributed by atoms with E-state index in [1.807, 2.05) is 74.1 Å². The minimum absolute atomic E-state index is 0.0727. The molecule has 0 atom stereocenters. The lowest BCUT2D eigenvalue weighted by molar-refractivity contribution is 0.250. The van der Waals surface area contributed by atoms with Gasteiger partial charge >= 0.3 is 12.0 Å². The van der Waals surface area contributed by atoms with Crippen LogP contribution in [0.4, 0.5) is 16.2 Å². The SMILES string of the molecule is CC(C)NC(=O)Nc1ccc(-c2c(N)c3ccc(Oc4nccn4C)cc3n2CC2CC2)cc1. The van der Waals surface area contributed by atoms with Crippen molar-refractivity contribution in [2.75, 3.05) is 11.1 Å². The highest BCUT2D eigenvalue weighted by Gasteiger charge is 2.26. The molecule has 34 heavy (non-hydrogen) atoms. The number of nitrogens with two attached hydrogens (primary N) is 1. The molecule has 2 aromatic heterocycles. The Kier molecular flexibility index (Phi) is 5.65. The first-order valence-corrected chi connectivity index (χ1v) is 11.6. The molecule has 0 radical (unpaired) electrons. The Morgan fingerprint density at radius 3 is 2.62 bits per heavy atom. The molecule has 1 fully saturated rings. The number of fused-ring (bicyclic) bond motifs is 1. The lowest BCUT2D eigenvalue weighted by Gasteiger charge is -2.13. The fourth-order valence-corrected chi connectivity index (χ4v) is 4.18. The van der Waals surface area contributed by atoms with Crippen LogP contribution in [0.1, 0.15) is 26.7 Å². The zero-order chi connectivity index (χ0) is 23.8. The number of aryl methyl sites for hydroxylation is 1. The summed E-state index contributed by atoms with van der Waals surface area (Å²) >= 11 is 0. The quantitative estimate of drug-likeness (QED) is 0.347. The van der Waals surface area contributed by atoms with Crippen LogP contribution in [-0.4, -0.2) is 26.2 Å². The summed E-state index contributed by atoms with van der Waals surface area (Å²) in [6.07, 6.45) is 6.03. The molecule has 0 spiro atoms. The number of hydrogen-bond acceptors (Lipinski definition) is 4. The Labute approximate surface area is 198 Å². The third kappa shape index (κ3) is 4.44. The molecule has 0 saturated heterocycles. The second-order valence-corrected chi connectivity index (χ2v) is 9.25. The number of nitrogens with zero attached hydrogens (tertiary/aromatic N) is 3. The van der Waals surface area contributed by atoms with Crippen molar-refractivity contribution in [3.63, 3.8) is 0 Å². The smallest absolute Gasteiger partial charge is 0.319 e. The van der Waals surface area contributed by atoms with Gasteiger partial charge in [-0.1, -0.05) is 12.1 Å². The standard InChI is InChI=1S/C26H30N6O2/c1-16(2)29-25(33)30-19-8-6-18(7-9-19)24-23(27)21-11-10-20(34-26-28-12-13-31(26)3)14-22(21)32(24)15-17-4-5-17/h6-14,16-17H,4-5,15,27H2,1-3H3,(H2,29,30,33). The Bertz CT molecular complexity index is 1330. The van der Waals surface area contributed by atoms with E-state index >= 15 is 0 Å². The van der Waals surface area contributed by atoms with Gasteiger partial charge < -0.3 is 30.2 Å². The Morgan fingerprint density at radius 1 is 1.21 bits per heavy atom. The van der Waals surface area contributed by atoms with Gasteiger partial charge in [0.2, 0.25) is 0 Å². The van der Waals surface area contributed by atoms with Gasteiger partial charge in [-0.3, -0.25) is 0 Å². The van der Waals surface area contributed by atoms with Gasteiger partial charge in [0.25, 0.3) is 0 Å². The molecule has 8 heteroatoms. The molecule has 4 N–H and O–H groups in total. The molecule has 8 nitrogen and oxygen atoms in total. The summed E-state index contributed by atoms with van der Waals surface area (Å²) in [6.45, 7) is 4.76. The van der Waals surface area contributed by atoms with E-state index in [0.29, 0.717) is 11.9 Å². The van der Waals surface area contributed by atoms with Crippen molar-refractivity contribution in [2.24, 2.45) is 13.0 Å². The number of urea groups is 1. The van der Waals surface area contributed by atoms with Crippen LogP contribution in [0.5, 0.6) is 11.8 Å². The molecule has 2 aromatic carbocycles. The number of hydrogen-bond donors (Lipinski definition) is 3. The summed E-state index contributed by atoms with van der Waals surface area (Å²) in [5.41, 5.74) is 11.2. The van der Waals surface area contributed by atoms with Crippen molar-refractivity contribution in [3.8, 4) is 23.0 Å². The van der Waals surface area contributed by atoms with Crippen LogP contribution in [-0.2, 0) is 13.6 Å². The maximum atomic E-state index is 12.0. The number of carbonyl (C=O) groups is 1. The molecule has 0 unspecified atom stereocenters. The number of amides is 2. The van der Waals surface area contributed by atoms with Gasteiger partial charge in [0.1, 0.15) is 5.75 Å². The van der Waals surface area contributed by atoms with Crippen LogP contribution >= 0.6 is 0 Å². The number of nitrogens with one attached hydrogen (secondary N) is 2. The van der Waals surface area contributed by atoms with Crippen LogP contribution in [0.15, 0.2) is 54.9 Å². The van der Waals surface area contributed by atoms with Gasteiger partial charge in [0.05, 0.1) is 16.9 Å². The van der Waals surface area contributed by atoms with E-state index in [1.165, 1.54) is 12.8 Å². The van der Waals surface area contributed by atoms with E-state index in [9.17, 15) is 4.79 Å². The number of benzene rings is 2. The van der Waals surface area contributed by atoms with E-state index in [4.69, 9.17) is 10.5 Å². The summed E-state index contributed by atoms with van der Waals surface area (Å²) in [5, 5.41) is 6.71. The second kappa shape index (κ2) is 8.78. The monoisotopic (exact) mass is 458 g/mol. The molecule has 0 aliphatic heterocycles. The first-order chi connectivity index (χ1) is 16.4. The third-order valence-corrected chi connectivity index (χ3v) is 6.03. The number of ether oxygens (including phenoxy) is 1. The maximum Gasteiger partial charge on any atom is 0.319 e. The average Bonchev–Trinajstić information content (AvgIpc) is 3.47. The molecular weight excluding hydrogens is 428 g/mol. The van der Waals surface area contributed by atoms with Gasteiger partial charge in [0, 0.05) is 54.7 Å². The fourth-order valence-electron chi connectivity index (χ4n) is 4.18. The third-order valence-electron chi connectivity index (χ3n) is 6.03. The molecule has 176 valence electrons. The average molecular weight is 459 g/mol. The van der Waals surface area contributed by atoms with Crippen LogP contribution in [0.3, 0.4) is 0 Å². The first kappa shape index (κ1) is 21.9. The molecule has 4 aromatic rings. The number of nitrogen functional groups attached to an aromatic ring is 1. The molecule has 1 aliphatic carbocycles. The van der Waals surface area contributed by atoms with Crippen molar-refractivity contribution in [2.45, 2.75) is 39.3 Å². The lowest BCUT2D eigenvalue weighted by atomic mass is 10.1. The molecule has 2 amide bonds. The van der Waals surface area contributed by atoms with Crippen LogP contribution < -0.4 is 21.1 Å².